The number of alkyl halides is 1. The highest BCUT2D eigenvalue weighted by molar-refractivity contribution is 6.19. The number of nitrogens with one attached hydrogen (secondary N) is 1. The molecule has 0 aliphatic rings. The van der Waals surface area contributed by atoms with Gasteiger partial charge in [0.1, 0.15) is 0 Å². The minimum Gasteiger partial charge on any atom is -0.350 e. The summed E-state index contributed by atoms with van der Waals surface area (Å²) in [5.74, 6) is 0.496. The van der Waals surface area contributed by atoms with Gasteiger partial charge in [0.15, 0.2) is 0 Å². The maximum Gasteiger partial charge on any atom is 0.332 e. The Bertz CT molecular complexity index is 146. The molecular formula is C5H10ClN3O. The predicted octanol–water partition coefficient (Wildman–Crippen LogP) is 0.660. The number of primary amides is 1. The van der Waals surface area contributed by atoms with E-state index in [0.717, 1.165) is 5.71 Å². The van der Waals surface area contributed by atoms with E-state index in [0.29, 0.717) is 12.3 Å². The van der Waals surface area contributed by atoms with Gasteiger partial charge in [0.2, 0.25) is 0 Å². The largest absolute Gasteiger partial charge is 0.350 e. The third-order valence-electron chi connectivity index (χ3n) is 0.813. The SMILES string of the molecule is C/C(CCCl)=N\NC(N)=O. The standard InChI is InChI=1S/C5H10ClN3O/c1-4(2-3-6)8-9-5(7)10/h2-3H2,1H3,(H3,7,9,10)/b8-4+. The van der Waals surface area contributed by atoms with Crippen LogP contribution in [0.4, 0.5) is 4.79 Å². The molecule has 0 fully saturated rings. The van der Waals surface area contributed by atoms with Crippen LogP contribution < -0.4 is 11.2 Å². The highest BCUT2D eigenvalue weighted by Crippen LogP contribution is 1.87. The molecule has 0 unspecified atom stereocenters. The van der Waals surface area contributed by atoms with Crippen molar-refractivity contribution >= 4 is 23.3 Å². The van der Waals surface area contributed by atoms with Gasteiger partial charge >= 0.3 is 6.03 Å². The minimum absolute atomic E-state index is 0.496. The number of hydrazone groups is 1. The van der Waals surface area contributed by atoms with E-state index in [-0.39, 0.29) is 0 Å². The Hall–Kier alpha value is -0.770. The molecule has 0 aliphatic carbocycles. The summed E-state index contributed by atoms with van der Waals surface area (Å²) in [6.07, 6.45) is 0.655. The predicted molar refractivity (Wildman–Crippen MR) is 41.2 cm³/mol. The molecule has 58 valence electrons. The number of hydrogen-bond acceptors (Lipinski definition) is 2. The topological polar surface area (TPSA) is 67.5 Å². The van der Waals surface area contributed by atoms with E-state index >= 15 is 0 Å². The molecule has 0 spiro atoms. The molecule has 0 aromatic rings. The summed E-state index contributed by atoms with van der Waals surface area (Å²) in [4.78, 5) is 10.1. The van der Waals surface area contributed by atoms with Gasteiger partial charge in [-0.15, -0.1) is 11.6 Å². The van der Waals surface area contributed by atoms with E-state index in [1.54, 1.807) is 6.92 Å². The number of nitrogens with zero attached hydrogens (tertiary/aromatic N) is 1. The second kappa shape index (κ2) is 5.05. The van der Waals surface area contributed by atoms with Gasteiger partial charge in [-0.25, -0.2) is 10.2 Å². The second-order valence-electron chi connectivity index (χ2n) is 1.76. The van der Waals surface area contributed by atoms with Crippen LogP contribution in [0, 0.1) is 0 Å². The van der Waals surface area contributed by atoms with Crippen LogP contribution in [0.2, 0.25) is 0 Å². The van der Waals surface area contributed by atoms with Gasteiger partial charge < -0.3 is 5.73 Å². The average Bonchev–Trinajstić information content (AvgIpc) is 1.85. The molecule has 0 heterocycles. The van der Waals surface area contributed by atoms with Crippen molar-refractivity contribution < 1.29 is 4.79 Å². The lowest BCUT2D eigenvalue weighted by molar-refractivity contribution is 0.249. The van der Waals surface area contributed by atoms with Crippen molar-refractivity contribution in [2.75, 3.05) is 5.88 Å². The Balaban J connectivity index is 3.57. The van der Waals surface area contributed by atoms with Gasteiger partial charge in [-0.05, 0) is 6.92 Å². The van der Waals surface area contributed by atoms with Crippen LogP contribution in [0.5, 0.6) is 0 Å². The Morgan fingerprint density at radius 1 is 1.80 bits per heavy atom. The van der Waals surface area contributed by atoms with E-state index in [4.69, 9.17) is 17.3 Å². The fraction of sp³-hybridized carbons (Fsp3) is 0.600. The monoisotopic (exact) mass is 163 g/mol. The first-order chi connectivity index (χ1) is 4.66. The van der Waals surface area contributed by atoms with Crippen LogP contribution in [0.25, 0.3) is 0 Å². The Labute approximate surface area is 64.4 Å². The summed E-state index contributed by atoms with van der Waals surface area (Å²) in [7, 11) is 0. The van der Waals surface area contributed by atoms with Gasteiger partial charge in [0, 0.05) is 18.0 Å². The maximum absolute atomic E-state index is 10.1. The van der Waals surface area contributed by atoms with E-state index < -0.39 is 6.03 Å². The van der Waals surface area contributed by atoms with Gasteiger partial charge in [-0.3, -0.25) is 0 Å². The molecule has 2 amide bonds. The summed E-state index contributed by atoms with van der Waals surface area (Å²) < 4.78 is 0. The van der Waals surface area contributed by atoms with Crippen LogP contribution in [-0.2, 0) is 0 Å². The fourth-order valence-electron chi connectivity index (χ4n) is 0.343. The normalized spacial score (nSPS) is 11.2. The van der Waals surface area contributed by atoms with Crippen LogP contribution in [0.1, 0.15) is 13.3 Å². The van der Waals surface area contributed by atoms with Crippen molar-refractivity contribution in [3.63, 3.8) is 0 Å². The molecule has 5 heteroatoms. The van der Waals surface area contributed by atoms with E-state index in [2.05, 4.69) is 10.5 Å². The van der Waals surface area contributed by atoms with Crippen LogP contribution in [-0.4, -0.2) is 17.6 Å². The average molecular weight is 164 g/mol. The molecule has 0 rings (SSSR count). The zero-order valence-corrected chi connectivity index (χ0v) is 6.48. The van der Waals surface area contributed by atoms with Crippen molar-refractivity contribution in [2.45, 2.75) is 13.3 Å². The van der Waals surface area contributed by atoms with Crippen LogP contribution in [0.15, 0.2) is 5.10 Å². The first-order valence-corrected chi connectivity index (χ1v) is 3.35. The highest BCUT2D eigenvalue weighted by atomic mass is 35.5. The summed E-state index contributed by atoms with van der Waals surface area (Å²) in [5, 5.41) is 3.62. The third-order valence-corrected chi connectivity index (χ3v) is 1.00. The lowest BCUT2D eigenvalue weighted by Gasteiger charge is -1.95. The lowest BCUT2D eigenvalue weighted by Crippen LogP contribution is -2.25. The van der Waals surface area contributed by atoms with Gasteiger partial charge in [0.05, 0.1) is 0 Å². The smallest absolute Gasteiger partial charge is 0.332 e. The molecule has 0 radical (unpaired) electrons. The van der Waals surface area contributed by atoms with Crippen molar-refractivity contribution in [2.24, 2.45) is 10.8 Å². The Morgan fingerprint density at radius 3 is 2.80 bits per heavy atom. The number of halogens is 1. The number of carbonyl (C=O) groups excluding carboxylic acids is 1. The van der Waals surface area contributed by atoms with Crippen molar-refractivity contribution in [3.05, 3.63) is 0 Å². The Morgan fingerprint density at radius 2 is 2.40 bits per heavy atom. The highest BCUT2D eigenvalue weighted by Gasteiger charge is 1.90. The van der Waals surface area contributed by atoms with Gasteiger partial charge in [-0.1, -0.05) is 0 Å². The summed E-state index contributed by atoms with van der Waals surface area (Å²) in [5.41, 5.74) is 7.60. The second-order valence-corrected chi connectivity index (χ2v) is 2.14. The first kappa shape index (κ1) is 9.23. The molecule has 0 aromatic heterocycles. The molecule has 4 nitrogen and oxygen atoms in total. The Kier molecular flexibility index (Phi) is 4.66. The number of urea groups is 1. The fourth-order valence-corrected chi connectivity index (χ4v) is 0.617. The van der Waals surface area contributed by atoms with Crippen molar-refractivity contribution in [1.29, 1.82) is 0 Å². The quantitative estimate of drug-likeness (QED) is 0.358. The molecule has 0 saturated carbocycles. The summed E-state index contributed by atoms with van der Waals surface area (Å²) in [6, 6.07) is -0.658. The molecule has 3 N–H and O–H groups in total. The van der Waals surface area contributed by atoms with Crippen LogP contribution >= 0.6 is 11.6 Å². The molecular weight excluding hydrogens is 154 g/mol. The van der Waals surface area contributed by atoms with Gasteiger partial charge in [-0.2, -0.15) is 5.10 Å². The van der Waals surface area contributed by atoms with E-state index in [9.17, 15) is 4.79 Å². The van der Waals surface area contributed by atoms with E-state index in [1.165, 1.54) is 0 Å². The minimum atomic E-state index is -0.658. The van der Waals surface area contributed by atoms with E-state index in [1.807, 2.05) is 0 Å². The van der Waals surface area contributed by atoms with Gasteiger partial charge in [0.25, 0.3) is 0 Å². The molecule has 10 heavy (non-hydrogen) atoms. The number of hydrogen-bond donors (Lipinski definition) is 2. The van der Waals surface area contributed by atoms with Crippen molar-refractivity contribution in [3.8, 4) is 0 Å². The number of rotatable bonds is 3. The lowest BCUT2D eigenvalue weighted by atomic mass is 10.3. The third kappa shape index (κ3) is 5.37. The molecule has 0 aromatic carbocycles. The van der Waals surface area contributed by atoms with Crippen molar-refractivity contribution in [1.82, 2.24) is 5.43 Å². The number of amides is 2. The molecule has 0 aliphatic heterocycles. The zero-order chi connectivity index (χ0) is 7.98. The number of carbonyl (C=O) groups is 1. The summed E-state index contributed by atoms with van der Waals surface area (Å²) in [6.45, 7) is 1.76. The maximum atomic E-state index is 10.1. The number of nitrogens with two attached hydrogens (primary N) is 1. The first-order valence-electron chi connectivity index (χ1n) is 2.81. The zero-order valence-electron chi connectivity index (χ0n) is 5.72. The molecule has 0 saturated heterocycles. The molecule has 0 atom stereocenters. The summed E-state index contributed by atoms with van der Waals surface area (Å²) >= 11 is 5.39. The molecule has 0 bridgehead atoms. The van der Waals surface area contributed by atoms with Crippen LogP contribution in [0.3, 0.4) is 0 Å².